The lowest BCUT2D eigenvalue weighted by molar-refractivity contribution is 0.0719. The molecule has 1 fully saturated rings. The predicted octanol–water partition coefficient (Wildman–Crippen LogP) is -0.141. The number of nitrogen functional groups attached to an aromatic ring is 1. The normalized spacial score (nSPS) is 20.9. The van der Waals surface area contributed by atoms with E-state index in [-0.39, 0.29) is 30.0 Å². The van der Waals surface area contributed by atoms with Crippen LogP contribution in [0.1, 0.15) is 16.9 Å². The van der Waals surface area contributed by atoms with Crippen molar-refractivity contribution in [1.29, 1.82) is 0 Å². The SMILES string of the molecule is C#CCN(C(=O)c1cc(N)c[nH]1)C1CCS(=O)(=O)C1. The van der Waals surface area contributed by atoms with Crippen LogP contribution in [0, 0.1) is 12.3 Å². The van der Waals surface area contributed by atoms with Crippen molar-refractivity contribution in [3.8, 4) is 12.3 Å². The zero-order valence-electron chi connectivity index (χ0n) is 10.3. The lowest BCUT2D eigenvalue weighted by Crippen LogP contribution is -2.41. The highest BCUT2D eigenvalue weighted by molar-refractivity contribution is 7.91. The maximum atomic E-state index is 12.3. The molecule has 1 aliphatic heterocycles. The number of rotatable bonds is 3. The number of H-pyrrole nitrogens is 1. The second-order valence-electron chi connectivity index (χ2n) is 4.54. The second-order valence-corrected chi connectivity index (χ2v) is 6.77. The minimum atomic E-state index is -3.07. The maximum Gasteiger partial charge on any atom is 0.271 e. The number of nitrogens with one attached hydrogen (secondary N) is 1. The largest absolute Gasteiger partial charge is 0.397 e. The third-order valence-corrected chi connectivity index (χ3v) is 4.86. The highest BCUT2D eigenvalue weighted by Crippen LogP contribution is 2.20. The molecule has 1 aliphatic rings. The van der Waals surface area contributed by atoms with Gasteiger partial charge in [0.15, 0.2) is 9.84 Å². The van der Waals surface area contributed by atoms with Gasteiger partial charge in [0.05, 0.1) is 18.1 Å². The summed E-state index contributed by atoms with van der Waals surface area (Å²) in [5.74, 6) is 2.14. The van der Waals surface area contributed by atoms with Crippen LogP contribution in [-0.2, 0) is 9.84 Å². The number of aromatic nitrogens is 1. The van der Waals surface area contributed by atoms with Crippen LogP contribution in [0.25, 0.3) is 0 Å². The van der Waals surface area contributed by atoms with Crippen molar-refractivity contribution in [3.63, 3.8) is 0 Å². The van der Waals surface area contributed by atoms with Crippen molar-refractivity contribution in [2.75, 3.05) is 23.8 Å². The average Bonchev–Trinajstić information content (AvgIpc) is 2.91. The van der Waals surface area contributed by atoms with E-state index in [9.17, 15) is 13.2 Å². The zero-order valence-corrected chi connectivity index (χ0v) is 11.1. The molecule has 102 valence electrons. The van der Waals surface area contributed by atoms with Crippen molar-refractivity contribution in [3.05, 3.63) is 18.0 Å². The van der Waals surface area contributed by atoms with Crippen LogP contribution < -0.4 is 5.73 Å². The molecule has 1 aromatic rings. The maximum absolute atomic E-state index is 12.3. The number of sulfone groups is 1. The molecule has 2 heterocycles. The minimum Gasteiger partial charge on any atom is -0.397 e. The third-order valence-electron chi connectivity index (χ3n) is 3.11. The Hall–Kier alpha value is -1.94. The Labute approximate surface area is 111 Å². The number of amides is 1. The van der Waals surface area contributed by atoms with Gasteiger partial charge in [-0.3, -0.25) is 4.79 Å². The Morgan fingerprint density at radius 3 is 2.84 bits per heavy atom. The molecule has 0 radical (unpaired) electrons. The summed E-state index contributed by atoms with van der Waals surface area (Å²) in [6.45, 7) is 0.0813. The van der Waals surface area contributed by atoms with Gasteiger partial charge in [0.25, 0.3) is 5.91 Å². The van der Waals surface area contributed by atoms with E-state index in [0.29, 0.717) is 17.8 Å². The predicted molar refractivity (Wildman–Crippen MR) is 72.1 cm³/mol. The summed E-state index contributed by atoms with van der Waals surface area (Å²) in [5, 5.41) is 0. The quantitative estimate of drug-likeness (QED) is 0.754. The van der Waals surface area contributed by atoms with Gasteiger partial charge in [0.2, 0.25) is 0 Å². The van der Waals surface area contributed by atoms with Crippen molar-refractivity contribution in [1.82, 2.24) is 9.88 Å². The molecule has 7 heteroatoms. The molecule has 1 saturated heterocycles. The number of hydrogen-bond donors (Lipinski definition) is 2. The van der Waals surface area contributed by atoms with Crippen LogP contribution >= 0.6 is 0 Å². The monoisotopic (exact) mass is 281 g/mol. The first-order valence-corrected chi connectivity index (χ1v) is 7.64. The fourth-order valence-electron chi connectivity index (χ4n) is 2.18. The number of carbonyl (C=O) groups is 1. The lowest BCUT2D eigenvalue weighted by atomic mass is 10.2. The van der Waals surface area contributed by atoms with E-state index in [1.165, 1.54) is 17.2 Å². The van der Waals surface area contributed by atoms with Crippen LogP contribution in [0.15, 0.2) is 12.3 Å². The fourth-order valence-corrected chi connectivity index (χ4v) is 3.91. The summed E-state index contributed by atoms with van der Waals surface area (Å²) >= 11 is 0. The molecule has 6 nitrogen and oxygen atoms in total. The first-order valence-electron chi connectivity index (χ1n) is 5.81. The number of carbonyl (C=O) groups excluding carboxylic acids is 1. The summed E-state index contributed by atoms with van der Waals surface area (Å²) in [4.78, 5) is 16.5. The van der Waals surface area contributed by atoms with Gasteiger partial charge in [-0.05, 0) is 12.5 Å². The molecule has 1 atom stereocenters. The second kappa shape index (κ2) is 4.97. The van der Waals surface area contributed by atoms with Crippen molar-refractivity contribution < 1.29 is 13.2 Å². The third kappa shape index (κ3) is 2.90. The highest BCUT2D eigenvalue weighted by Gasteiger charge is 2.34. The Bertz CT molecular complexity index is 627. The van der Waals surface area contributed by atoms with Crippen molar-refractivity contribution in [2.45, 2.75) is 12.5 Å². The minimum absolute atomic E-state index is 0.0311. The number of hydrogen-bond acceptors (Lipinski definition) is 4. The molecule has 0 spiro atoms. The molecule has 0 saturated carbocycles. The zero-order chi connectivity index (χ0) is 14.0. The summed E-state index contributed by atoms with van der Waals surface area (Å²) in [6, 6.07) is 1.15. The van der Waals surface area contributed by atoms with Crippen LogP contribution in [0.3, 0.4) is 0 Å². The molecule has 19 heavy (non-hydrogen) atoms. The van der Waals surface area contributed by atoms with E-state index in [2.05, 4.69) is 10.9 Å². The van der Waals surface area contributed by atoms with Gasteiger partial charge in [-0.25, -0.2) is 8.42 Å². The molecule has 1 aromatic heterocycles. The Balaban J connectivity index is 2.21. The van der Waals surface area contributed by atoms with E-state index in [0.717, 1.165) is 0 Å². The Morgan fingerprint density at radius 2 is 2.37 bits per heavy atom. The van der Waals surface area contributed by atoms with Gasteiger partial charge in [0, 0.05) is 17.9 Å². The van der Waals surface area contributed by atoms with Crippen LogP contribution in [0.2, 0.25) is 0 Å². The first kappa shape index (κ1) is 13.5. The molecule has 2 rings (SSSR count). The van der Waals surface area contributed by atoms with Gasteiger partial charge in [-0.15, -0.1) is 6.42 Å². The van der Waals surface area contributed by atoms with E-state index in [1.54, 1.807) is 0 Å². The van der Waals surface area contributed by atoms with Crippen molar-refractivity contribution >= 4 is 21.4 Å². The molecular formula is C12H15N3O3S. The summed E-state index contributed by atoms with van der Waals surface area (Å²) in [7, 11) is -3.07. The van der Waals surface area contributed by atoms with Crippen LogP contribution in [0.4, 0.5) is 5.69 Å². The van der Waals surface area contributed by atoms with Gasteiger partial charge in [-0.1, -0.05) is 5.92 Å². The van der Waals surface area contributed by atoms with Crippen LogP contribution in [-0.4, -0.2) is 48.3 Å². The van der Waals surface area contributed by atoms with Crippen LogP contribution in [0.5, 0.6) is 0 Å². The lowest BCUT2D eigenvalue weighted by Gasteiger charge is -2.25. The van der Waals surface area contributed by atoms with E-state index < -0.39 is 9.84 Å². The van der Waals surface area contributed by atoms with Crippen molar-refractivity contribution in [2.24, 2.45) is 0 Å². The number of nitrogens with two attached hydrogens (primary N) is 1. The number of anilines is 1. The molecule has 0 bridgehead atoms. The molecular weight excluding hydrogens is 266 g/mol. The number of nitrogens with zero attached hydrogens (tertiary/aromatic N) is 1. The summed E-state index contributed by atoms with van der Waals surface area (Å²) in [6.07, 6.45) is 7.19. The standard InChI is InChI=1S/C12H15N3O3S/c1-2-4-15(10-3-5-19(17,18)8-10)12(16)11-6-9(13)7-14-11/h1,6-7,10,14H,3-5,8,13H2. The van der Waals surface area contributed by atoms with E-state index >= 15 is 0 Å². The van der Waals surface area contributed by atoms with E-state index in [1.807, 2.05) is 0 Å². The van der Waals surface area contributed by atoms with Gasteiger partial charge in [0.1, 0.15) is 5.69 Å². The van der Waals surface area contributed by atoms with Gasteiger partial charge in [-0.2, -0.15) is 0 Å². The molecule has 1 unspecified atom stereocenters. The van der Waals surface area contributed by atoms with Gasteiger partial charge >= 0.3 is 0 Å². The molecule has 1 amide bonds. The Kier molecular flexibility index (Phi) is 3.53. The summed E-state index contributed by atoms with van der Waals surface area (Å²) in [5.41, 5.74) is 6.31. The molecule has 0 aromatic carbocycles. The Morgan fingerprint density at radius 1 is 1.63 bits per heavy atom. The summed E-state index contributed by atoms with van der Waals surface area (Å²) < 4.78 is 23.0. The number of aromatic amines is 1. The smallest absolute Gasteiger partial charge is 0.271 e. The van der Waals surface area contributed by atoms with Gasteiger partial charge < -0.3 is 15.6 Å². The number of terminal acetylenes is 1. The topological polar surface area (TPSA) is 96.3 Å². The van der Waals surface area contributed by atoms with E-state index in [4.69, 9.17) is 12.2 Å². The molecule has 0 aliphatic carbocycles. The first-order chi connectivity index (χ1) is 8.93. The average molecular weight is 281 g/mol. The highest BCUT2D eigenvalue weighted by atomic mass is 32.2. The molecule has 3 N–H and O–H groups in total. The fraction of sp³-hybridized carbons (Fsp3) is 0.417.